The number of benzene rings is 2. The summed E-state index contributed by atoms with van der Waals surface area (Å²) in [5, 5.41) is 3.63. The minimum absolute atomic E-state index is 0.139. The van der Waals surface area contributed by atoms with Gasteiger partial charge in [0.2, 0.25) is 11.8 Å². The molecule has 2 aromatic rings. The SMILES string of the molecule is COc1ccc(NC(=O)CN(C(C)=O)c2cccc(Cl)c2C)cc1Cl. The molecule has 0 fully saturated rings. The summed E-state index contributed by atoms with van der Waals surface area (Å²) in [6.07, 6.45) is 0. The number of hydrogen-bond acceptors (Lipinski definition) is 3. The molecule has 25 heavy (non-hydrogen) atoms. The predicted molar refractivity (Wildman–Crippen MR) is 101 cm³/mol. The molecule has 2 amide bonds. The number of nitrogens with one attached hydrogen (secondary N) is 1. The van der Waals surface area contributed by atoms with E-state index >= 15 is 0 Å². The molecule has 2 aromatic carbocycles. The summed E-state index contributed by atoms with van der Waals surface area (Å²) < 4.78 is 5.07. The van der Waals surface area contributed by atoms with Crippen molar-refractivity contribution in [3.8, 4) is 5.75 Å². The molecule has 2 rings (SSSR count). The molecule has 0 aliphatic heterocycles. The first-order chi connectivity index (χ1) is 11.8. The van der Waals surface area contributed by atoms with Crippen molar-refractivity contribution < 1.29 is 14.3 Å². The molecular weight excluding hydrogens is 363 g/mol. The Kier molecular flexibility index (Phi) is 6.28. The van der Waals surface area contributed by atoms with E-state index in [2.05, 4.69) is 5.32 Å². The maximum Gasteiger partial charge on any atom is 0.244 e. The number of rotatable bonds is 5. The number of methoxy groups -OCH3 is 1. The Hall–Kier alpha value is -2.24. The Bertz CT molecular complexity index is 809. The second-order valence-electron chi connectivity index (χ2n) is 5.39. The van der Waals surface area contributed by atoms with Crippen molar-refractivity contribution >= 4 is 46.4 Å². The van der Waals surface area contributed by atoms with E-state index in [1.165, 1.54) is 18.9 Å². The molecule has 5 nitrogen and oxygen atoms in total. The summed E-state index contributed by atoms with van der Waals surface area (Å²) in [5.41, 5.74) is 1.85. The molecule has 0 atom stereocenters. The third-order valence-corrected chi connectivity index (χ3v) is 4.35. The van der Waals surface area contributed by atoms with E-state index in [9.17, 15) is 9.59 Å². The van der Waals surface area contributed by atoms with Crippen molar-refractivity contribution in [2.75, 3.05) is 23.9 Å². The molecule has 0 radical (unpaired) electrons. The Morgan fingerprint density at radius 3 is 2.48 bits per heavy atom. The van der Waals surface area contributed by atoms with Crippen LogP contribution in [0.1, 0.15) is 12.5 Å². The number of ether oxygens (including phenoxy) is 1. The molecule has 0 saturated heterocycles. The number of carbonyl (C=O) groups excluding carboxylic acids is 2. The van der Waals surface area contributed by atoms with Crippen molar-refractivity contribution in [1.82, 2.24) is 0 Å². The molecule has 0 aromatic heterocycles. The molecule has 1 N–H and O–H groups in total. The van der Waals surface area contributed by atoms with E-state index in [1.54, 1.807) is 43.3 Å². The number of carbonyl (C=O) groups is 2. The van der Waals surface area contributed by atoms with Crippen LogP contribution in [0.2, 0.25) is 10.0 Å². The maximum absolute atomic E-state index is 12.4. The molecule has 0 unspecified atom stereocenters. The van der Waals surface area contributed by atoms with E-state index in [1.807, 2.05) is 0 Å². The maximum atomic E-state index is 12.4. The highest BCUT2D eigenvalue weighted by molar-refractivity contribution is 6.32. The van der Waals surface area contributed by atoms with Gasteiger partial charge in [-0.25, -0.2) is 0 Å². The summed E-state index contributed by atoms with van der Waals surface area (Å²) in [4.78, 5) is 25.7. The smallest absolute Gasteiger partial charge is 0.244 e. The Morgan fingerprint density at radius 1 is 1.16 bits per heavy atom. The third-order valence-electron chi connectivity index (χ3n) is 3.65. The van der Waals surface area contributed by atoms with E-state index in [-0.39, 0.29) is 18.4 Å². The van der Waals surface area contributed by atoms with Crippen molar-refractivity contribution in [2.45, 2.75) is 13.8 Å². The van der Waals surface area contributed by atoms with E-state index in [4.69, 9.17) is 27.9 Å². The van der Waals surface area contributed by atoms with Gasteiger partial charge >= 0.3 is 0 Å². The zero-order chi connectivity index (χ0) is 18.6. The fourth-order valence-corrected chi connectivity index (χ4v) is 2.77. The van der Waals surface area contributed by atoms with Gasteiger partial charge in [-0.2, -0.15) is 0 Å². The van der Waals surface area contributed by atoms with E-state index < -0.39 is 0 Å². The first kappa shape index (κ1) is 19.1. The van der Waals surface area contributed by atoms with Crippen LogP contribution >= 0.6 is 23.2 Å². The molecule has 0 aliphatic rings. The summed E-state index contributed by atoms with van der Waals surface area (Å²) in [6.45, 7) is 3.06. The van der Waals surface area contributed by atoms with Crippen LogP contribution in [0.4, 0.5) is 11.4 Å². The van der Waals surface area contributed by atoms with Gasteiger partial charge in [-0.1, -0.05) is 29.3 Å². The second kappa shape index (κ2) is 8.23. The van der Waals surface area contributed by atoms with Gasteiger partial charge in [0, 0.05) is 23.3 Å². The highest BCUT2D eigenvalue weighted by atomic mass is 35.5. The highest BCUT2D eigenvalue weighted by Gasteiger charge is 2.19. The normalized spacial score (nSPS) is 10.3. The van der Waals surface area contributed by atoms with Crippen LogP contribution in [0.3, 0.4) is 0 Å². The van der Waals surface area contributed by atoms with Crippen molar-refractivity contribution in [2.24, 2.45) is 0 Å². The number of hydrogen-bond donors (Lipinski definition) is 1. The zero-order valence-electron chi connectivity index (χ0n) is 14.1. The predicted octanol–water partition coefficient (Wildman–Crippen LogP) is 4.30. The lowest BCUT2D eigenvalue weighted by Gasteiger charge is -2.23. The topological polar surface area (TPSA) is 58.6 Å². The number of halogens is 2. The van der Waals surface area contributed by atoms with Gasteiger partial charge in [-0.15, -0.1) is 0 Å². The number of nitrogens with zero attached hydrogens (tertiary/aromatic N) is 1. The zero-order valence-corrected chi connectivity index (χ0v) is 15.6. The van der Waals surface area contributed by atoms with Crippen LogP contribution in [0.15, 0.2) is 36.4 Å². The number of amides is 2. The van der Waals surface area contributed by atoms with Crippen molar-refractivity contribution in [1.29, 1.82) is 0 Å². The summed E-state index contributed by atoms with van der Waals surface area (Å²) in [6, 6.07) is 10.1. The summed E-state index contributed by atoms with van der Waals surface area (Å²) >= 11 is 12.2. The van der Waals surface area contributed by atoms with Gasteiger partial charge in [-0.3, -0.25) is 9.59 Å². The van der Waals surface area contributed by atoms with E-state index in [0.717, 1.165) is 5.56 Å². The van der Waals surface area contributed by atoms with Gasteiger partial charge in [-0.05, 0) is 42.8 Å². The van der Waals surface area contributed by atoms with Crippen LogP contribution in [0, 0.1) is 6.92 Å². The lowest BCUT2D eigenvalue weighted by molar-refractivity contribution is -0.120. The van der Waals surface area contributed by atoms with Crippen LogP contribution in [-0.2, 0) is 9.59 Å². The second-order valence-corrected chi connectivity index (χ2v) is 6.20. The minimum Gasteiger partial charge on any atom is -0.495 e. The average Bonchev–Trinajstić information content (AvgIpc) is 2.55. The third kappa shape index (κ3) is 4.65. The Labute approximate surface area is 156 Å². The summed E-state index contributed by atoms with van der Waals surface area (Å²) in [5.74, 6) is -0.0938. The van der Waals surface area contributed by atoms with Crippen LogP contribution in [-0.4, -0.2) is 25.5 Å². The monoisotopic (exact) mass is 380 g/mol. The fraction of sp³-hybridized carbons (Fsp3) is 0.222. The Balaban J connectivity index is 2.17. The first-order valence-corrected chi connectivity index (χ1v) is 8.25. The largest absolute Gasteiger partial charge is 0.495 e. The molecule has 7 heteroatoms. The molecule has 0 heterocycles. The quantitative estimate of drug-likeness (QED) is 0.840. The van der Waals surface area contributed by atoms with Crippen LogP contribution in [0.5, 0.6) is 5.75 Å². The lowest BCUT2D eigenvalue weighted by Crippen LogP contribution is -2.37. The van der Waals surface area contributed by atoms with Gasteiger partial charge < -0.3 is 15.0 Å². The first-order valence-electron chi connectivity index (χ1n) is 7.50. The molecular formula is C18H18Cl2N2O3. The highest BCUT2D eigenvalue weighted by Crippen LogP contribution is 2.28. The van der Waals surface area contributed by atoms with Crippen molar-refractivity contribution in [3.05, 3.63) is 52.0 Å². The summed E-state index contributed by atoms with van der Waals surface area (Å²) in [7, 11) is 1.51. The fourth-order valence-electron chi connectivity index (χ4n) is 2.34. The molecule has 132 valence electrons. The molecule has 0 aliphatic carbocycles. The number of anilines is 2. The van der Waals surface area contributed by atoms with Crippen LogP contribution in [0.25, 0.3) is 0 Å². The van der Waals surface area contributed by atoms with Gasteiger partial charge in [0.15, 0.2) is 0 Å². The minimum atomic E-state index is -0.351. The Morgan fingerprint density at radius 2 is 1.88 bits per heavy atom. The molecule has 0 saturated carbocycles. The van der Waals surface area contributed by atoms with E-state index in [0.29, 0.717) is 27.2 Å². The van der Waals surface area contributed by atoms with Gasteiger partial charge in [0.25, 0.3) is 0 Å². The molecule has 0 bridgehead atoms. The lowest BCUT2D eigenvalue weighted by atomic mass is 10.1. The van der Waals surface area contributed by atoms with Gasteiger partial charge in [0.05, 0.1) is 12.1 Å². The van der Waals surface area contributed by atoms with Crippen LogP contribution < -0.4 is 15.0 Å². The van der Waals surface area contributed by atoms with Crippen molar-refractivity contribution in [3.63, 3.8) is 0 Å². The standard InChI is InChI=1S/C18H18Cl2N2O3/c1-11-14(19)5-4-6-16(11)22(12(2)23)10-18(24)21-13-7-8-17(25-3)15(20)9-13/h4-9H,10H2,1-3H3,(H,21,24). The molecule has 0 spiro atoms. The van der Waals surface area contributed by atoms with Gasteiger partial charge in [0.1, 0.15) is 12.3 Å². The average molecular weight is 381 g/mol.